The van der Waals surface area contributed by atoms with Crippen molar-refractivity contribution in [3.05, 3.63) is 29.3 Å². The standard InChI is InChI=1S/C14H22N2O3/c1-11-3-4-12(10-16-14(17)5-6-15)13(9-11)19-8-7-18-2/h3-4,9H,5-8,10,15H2,1-2H3,(H,16,17). The molecule has 0 aromatic heterocycles. The molecule has 19 heavy (non-hydrogen) atoms. The molecule has 0 aliphatic rings. The van der Waals surface area contributed by atoms with Crippen LogP contribution >= 0.6 is 0 Å². The molecule has 3 N–H and O–H groups in total. The van der Waals surface area contributed by atoms with E-state index >= 15 is 0 Å². The molecule has 1 aromatic carbocycles. The number of amides is 1. The van der Waals surface area contributed by atoms with Crippen molar-refractivity contribution >= 4 is 5.91 Å². The summed E-state index contributed by atoms with van der Waals surface area (Å²) in [6.45, 7) is 3.83. The molecular formula is C14H22N2O3. The Hall–Kier alpha value is -1.59. The van der Waals surface area contributed by atoms with Gasteiger partial charge in [-0.25, -0.2) is 0 Å². The summed E-state index contributed by atoms with van der Waals surface area (Å²) >= 11 is 0. The molecule has 0 spiro atoms. The highest BCUT2D eigenvalue weighted by molar-refractivity contribution is 5.76. The van der Waals surface area contributed by atoms with Gasteiger partial charge in [-0.3, -0.25) is 4.79 Å². The summed E-state index contributed by atoms with van der Waals surface area (Å²) in [6.07, 6.45) is 0.339. The number of hydrogen-bond donors (Lipinski definition) is 2. The molecule has 0 aliphatic heterocycles. The van der Waals surface area contributed by atoms with Gasteiger partial charge in [0.25, 0.3) is 0 Å². The Balaban J connectivity index is 2.62. The highest BCUT2D eigenvalue weighted by atomic mass is 16.5. The number of aryl methyl sites for hydroxylation is 1. The number of methoxy groups -OCH3 is 1. The summed E-state index contributed by atoms with van der Waals surface area (Å²) in [6, 6.07) is 5.91. The molecule has 0 heterocycles. The van der Waals surface area contributed by atoms with Crippen LogP contribution in [0.1, 0.15) is 17.5 Å². The van der Waals surface area contributed by atoms with Crippen LogP contribution in [0.2, 0.25) is 0 Å². The SMILES string of the molecule is COCCOc1cc(C)ccc1CNC(=O)CCN. The largest absolute Gasteiger partial charge is 0.491 e. The van der Waals surface area contributed by atoms with Crippen LogP contribution in [0.15, 0.2) is 18.2 Å². The molecule has 1 aromatic rings. The van der Waals surface area contributed by atoms with Gasteiger partial charge in [-0.15, -0.1) is 0 Å². The fourth-order valence-corrected chi connectivity index (χ4v) is 1.59. The summed E-state index contributed by atoms with van der Waals surface area (Å²) in [5, 5.41) is 2.82. The quantitative estimate of drug-likeness (QED) is 0.688. The second-order valence-electron chi connectivity index (χ2n) is 4.27. The van der Waals surface area contributed by atoms with Gasteiger partial charge in [0.1, 0.15) is 12.4 Å². The van der Waals surface area contributed by atoms with E-state index in [4.69, 9.17) is 15.2 Å². The van der Waals surface area contributed by atoms with Crippen molar-refractivity contribution < 1.29 is 14.3 Å². The number of hydrogen-bond acceptors (Lipinski definition) is 4. The van der Waals surface area contributed by atoms with Crippen LogP contribution in [0.3, 0.4) is 0 Å². The molecule has 1 rings (SSSR count). The van der Waals surface area contributed by atoms with Crippen LogP contribution in [-0.4, -0.2) is 32.8 Å². The average molecular weight is 266 g/mol. The number of benzene rings is 1. The zero-order valence-corrected chi connectivity index (χ0v) is 11.6. The number of nitrogens with two attached hydrogens (primary N) is 1. The van der Waals surface area contributed by atoms with Gasteiger partial charge < -0.3 is 20.5 Å². The Morgan fingerprint density at radius 1 is 1.37 bits per heavy atom. The van der Waals surface area contributed by atoms with Crippen LogP contribution in [0.5, 0.6) is 5.75 Å². The first-order chi connectivity index (χ1) is 9.17. The minimum Gasteiger partial charge on any atom is -0.491 e. The number of ether oxygens (including phenoxy) is 2. The number of rotatable bonds is 8. The Labute approximate surface area is 114 Å². The highest BCUT2D eigenvalue weighted by Gasteiger charge is 2.06. The predicted molar refractivity (Wildman–Crippen MR) is 74.1 cm³/mol. The number of nitrogens with one attached hydrogen (secondary N) is 1. The minimum absolute atomic E-state index is 0.0501. The van der Waals surface area contributed by atoms with Gasteiger partial charge in [-0.1, -0.05) is 12.1 Å². The Kier molecular flexibility index (Phi) is 6.92. The molecular weight excluding hydrogens is 244 g/mol. The average Bonchev–Trinajstić information content (AvgIpc) is 2.38. The van der Waals surface area contributed by atoms with Crippen molar-refractivity contribution in [3.63, 3.8) is 0 Å². The fraction of sp³-hybridized carbons (Fsp3) is 0.500. The van der Waals surface area contributed by atoms with Crippen LogP contribution in [0.4, 0.5) is 0 Å². The molecule has 5 heteroatoms. The van der Waals surface area contributed by atoms with Crippen LogP contribution in [-0.2, 0) is 16.1 Å². The van der Waals surface area contributed by atoms with E-state index in [0.29, 0.717) is 32.7 Å². The third-order valence-corrected chi connectivity index (χ3v) is 2.62. The third kappa shape index (κ3) is 5.72. The topological polar surface area (TPSA) is 73.6 Å². The summed E-state index contributed by atoms with van der Waals surface area (Å²) in [7, 11) is 1.63. The second-order valence-corrected chi connectivity index (χ2v) is 4.27. The maximum absolute atomic E-state index is 11.4. The lowest BCUT2D eigenvalue weighted by atomic mass is 10.1. The van der Waals surface area contributed by atoms with Crippen molar-refractivity contribution in [1.29, 1.82) is 0 Å². The van der Waals surface area contributed by atoms with E-state index in [1.165, 1.54) is 0 Å². The normalized spacial score (nSPS) is 10.3. The molecule has 0 fully saturated rings. The van der Waals surface area contributed by atoms with E-state index in [-0.39, 0.29) is 5.91 Å². The van der Waals surface area contributed by atoms with Gasteiger partial charge in [-0.2, -0.15) is 0 Å². The molecule has 0 unspecified atom stereocenters. The van der Waals surface area contributed by atoms with E-state index in [2.05, 4.69) is 5.32 Å². The van der Waals surface area contributed by atoms with E-state index < -0.39 is 0 Å². The van der Waals surface area contributed by atoms with E-state index in [9.17, 15) is 4.79 Å². The van der Waals surface area contributed by atoms with Crippen molar-refractivity contribution in [1.82, 2.24) is 5.32 Å². The van der Waals surface area contributed by atoms with Crippen molar-refractivity contribution in [2.24, 2.45) is 5.73 Å². The molecule has 0 radical (unpaired) electrons. The summed E-state index contributed by atoms with van der Waals surface area (Å²) < 4.78 is 10.6. The van der Waals surface area contributed by atoms with Crippen LogP contribution in [0, 0.1) is 6.92 Å². The Bertz CT molecular complexity index is 408. The molecule has 0 aliphatic carbocycles. The van der Waals surface area contributed by atoms with Gasteiger partial charge in [0, 0.05) is 32.2 Å². The van der Waals surface area contributed by atoms with E-state index in [1.807, 2.05) is 25.1 Å². The lowest BCUT2D eigenvalue weighted by Gasteiger charge is -2.13. The molecule has 0 saturated heterocycles. The van der Waals surface area contributed by atoms with Gasteiger partial charge in [-0.05, 0) is 18.6 Å². The maximum atomic E-state index is 11.4. The first-order valence-electron chi connectivity index (χ1n) is 6.35. The first kappa shape index (κ1) is 15.5. The fourth-order valence-electron chi connectivity index (χ4n) is 1.59. The van der Waals surface area contributed by atoms with Crippen LogP contribution < -0.4 is 15.8 Å². The van der Waals surface area contributed by atoms with Gasteiger partial charge >= 0.3 is 0 Å². The molecule has 106 valence electrons. The molecule has 0 atom stereocenters. The smallest absolute Gasteiger partial charge is 0.221 e. The summed E-state index contributed by atoms with van der Waals surface area (Å²) in [5.74, 6) is 0.732. The Morgan fingerprint density at radius 3 is 2.84 bits per heavy atom. The van der Waals surface area contributed by atoms with Gasteiger partial charge in [0.15, 0.2) is 0 Å². The van der Waals surface area contributed by atoms with Gasteiger partial charge in [0.2, 0.25) is 5.91 Å². The third-order valence-electron chi connectivity index (χ3n) is 2.62. The maximum Gasteiger partial charge on any atom is 0.221 e. The second kappa shape index (κ2) is 8.50. The minimum atomic E-state index is -0.0501. The zero-order valence-electron chi connectivity index (χ0n) is 11.6. The zero-order chi connectivity index (χ0) is 14.1. The Morgan fingerprint density at radius 2 is 2.16 bits per heavy atom. The van der Waals surface area contributed by atoms with Crippen molar-refractivity contribution in [3.8, 4) is 5.75 Å². The summed E-state index contributed by atoms with van der Waals surface area (Å²) in [4.78, 5) is 11.4. The monoisotopic (exact) mass is 266 g/mol. The predicted octanol–water partition coefficient (Wildman–Crippen LogP) is 0.985. The molecule has 5 nitrogen and oxygen atoms in total. The van der Waals surface area contributed by atoms with Gasteiger partial charge in [0.05, 0.1) is 6.61 Å². The van der Waals surface area contributed by atoms with Crippen molar-refractivity contribution in [2.45, 2.75) is 19.9 Å². The van der Waals surface area contributed by atoms with E-state index in [1.54, 1.807) is 7.11 Å². The van der Waals surface area contributed by atoms with E-state index in [0.717, 1.165) is 16.9 Å². The summed E-state index contributed by atoms with van der Waals surface area (Å²) in [5.41, 5.74) is 7.40. The molecule has 0 bridgehead atoms. The van der Waals surface area contributed by atoms with Crippen LogP contribution in [0.25, 0.3) is 0 Å². The number of carbonyl (C=O) groups is 1. The highest BCUT2D eigenvalue weighted by Crippen LogP contribution is 2.20. The molecule has 1 amide bonds. The lowest BCUT2D eigenvalue weighted by Crippen LogP contribution is -2.25. The lowest BCUT2D eigenvalue weighted by molar-refractivity contribution is -0.121. The molecule has 0 saturated carbocycles. The van der Waals surface area contributed by atoms with Crippen molar-refractivity contribution in [2.75, 3.05) is 26.9 Å². The number of carbonyl (C=O) groups excluding carboxylic acids is 1. The first-order valence-corrected chi connectivity index (χ1v) is 6.35.